The lowest BCUT2D eigenvalue weighted by Crippen LogP contribution is -2.60. The van der Waals surface area contributed by atoms with Crippen molar-refractivity contribution in [1.82, 2.24) is 4.90 Å². The SMILES string of the molecule is OC1(c2ccc3ccccc3c2)CC2COCC(C1)N2Cc1ccccc1. The van der Waals surface area contributed by atoms with E-state index in [0.29, 0.717) is 26.1 Å². The predicted molar refractivity (Wildman–Crippen MR) is 107 cm³/mol. The molecule has 5 rings (SSSR count). The Labute approximate surface area is 160 Å². The molecule has 0 amide bonds. The topological polar surface area (TPSA) is 32.7 Å². The number of ether oxygens (including phenoxy) is 1. The van der Waals surface area contributed by atoms with Gasteiger partial charge in [0.15, 0.2) is 0 Å². The Kier molecular flexibility index (Phi) is 4.24. The Hall–Kier alpha value is -2.20. The molecule has 3 aromatic carbocycles. The summed E-state index contributed by atoms with van der Waals surface area (Å²) in [6.07, 6.45) is 1.43. The average Bonchev–Trinajstić information content (AvgIpc) is 2.69. The van der Waals surface area contributed by atoms with Gasteiger partial charge in [0.25, 0.3) is 0 Å². The summed E-state index contributed by atoms with van der Waals surface area (Å²) >= 11 is 0. The fourth-order valence-electron chi connectivity index (χ4n) is 4.81. The lowest BCUT2D eigenvalue weighted by atomic mass is 9.76. The number of morpholine rings is 1. The van der Waals surface area contributed by atoms with Crippen LogP contribution in [0.3, 0.4) is 0 Å². The van der Waals surface area contributed by atoms with Crippen LogP contribution in [0, 0.1) is 0 Å². The van der Waals surface area contributed by atoms with Crippen LogP contribution in [-0.2, 0) is 16.9 Å². The molecule has 3 nitrogen and oxygen atoms in total. The Morgan fingerprint density at radius 1 is 0.852 bits per heavy atom. The van der Waals surface area contributed by atoms with Crippen LogP contribution in [0.15, 0.2) is 72.8 Å². The van der Waals surface area contributed by atoms with Crippen molar-refractivity contribution in [2.75, 3.05) is 13.2 Å². The summed E-state index contributed by atoms with van der Waals surface area (Å²) in [4.78, 5) is 2.54. The first-order valence-corrected chi connectivity index (χ1v) is 9.80. The molecule has 2 heterocycles. The predicted octanol–water partition coefficient (Wildman–Crippen LogP) is 4.09. The zero-order valence-electron chi connectivity index (χ0n) is 15.4. The summed E-state index contributed by atoms with van der Waals surface area (Å²) in [5, 5.41) is 14.0. The molecule has 0 aliphatic carbocycles. The molecule has 2 atom stereocenters. The van der Waals surface area contributed by atoms with E-state index in [1.807, 2.05) is 0 Å². The first kappa shape index (κ1) is 16.9. The van der Waals surface area contributed by atoms with E-state index in [0.717, 1.165) is 12.1 Å². The average molecular weight is 359 g/mol. The summed E-state index contributed by atoms with van der Waals surface area (Å²) in [5.74, 6) is 0. The van der Waals surface area contributed by atoms with Gasteiger partial charge in [0.1, 0.15) is 0 Å². The Morgan fingerprint density at radius 2 is 1.52 bits per heavy atom. The quantitative estimate of drug-likeness (QED) is 0.764. The molecule has 2 bridgehead atoms. The van der Waals surface area contributed by atoms with Gasteiger partial charge in [0, 0.05) is 18.6 Å². The van der Waals surface area contributed by atoms with E-state index < -0.39 is 5.60 Å². The van der Waals surface area contributed by atoms with Gasteiger partial charge in [-0.15, -0.1) is 0 Å². The molecule has 2 aliphatic heterocycles. The fraction of sp³-hybridized carbons (Fsp3) is 0.333. The molecule has 3 heteroatoms. The van der Waals surface area contributed by atoms with Crippen molar-refractivity contribution < 1.29 is 9.84 Å². The van der Waals surface area contributed by atoms with Gasteiger partial charge >= 0.3 is 0 Å². The first-order valence-electron chi connectivity index (χ1n) is 9.80. The van der Waals surface area contributed by atoms with Crippen LogP contribution >= 0.6 is 0 Å². The van der Waals surface area contributed by atoms with E-state index in [2.05, 4.69) is 77.7 Å². The second-order valence-corrected chi connectivity index (χ2v) is 8.00. The third-order valence-electron chi connectivity index (χ3n) is 6.20. The second kappa shape index (κ2) is 6.75. The number of nitrogens with zero attached hydrogens (tertiary/aromatic N) is 1. The summed E-state index contributed by atoms with van der Waals surface area (Å²) in [7, 11) is 0. The molecule has 1 N–H and O–H groups in total. The van der Waals surface area contributed by atoms with Crippen molar-refractivity contribution in [3.05, 3.63) is 83.9 Å². The maximum absolute atomic E-state index is 11.6. The van der Waals surface area contributed by atoms with Crippen molar-refractivity contribution in [2.24, 2.45) is 0 Å². The van der Waals surface area contributed by atoms with Crippen molar-refractivity contribution in [3.8, 4) is 0 Å². The molecule has 0 radical (unpaired) electrons. The molecule has 27 heavy (non-hydrogen) atoms. The first-order chi connectivity index (χ1) is 13.2. The van der Waals surface area contributed by atoms with E-state index >= 15 is 0 Å². The van der Waals surface area contributed by atoms with Crippen molar-refractivity contribution in [1.29, 1.82) is 0 Å². The van der Waals surface area contributed by atoms with Gasteiger partial charge in [-0.25, -0.2) is 0 Å². The van der Waals surface area contributed by atoms with Crippen LogP contribution in [0.1, 0.15) is 24.0 Å². The highest BCUT2D eigenvalue weighted by Crippen LogP contribution is 2.42. The zero-order chi connectivity index (χ0) is 18.3. The minimum atomic E-state index is -0.781. The van der Waals surface area contributed by atoms with E-state index in [4.69, 9.17) is 4.74 Å². The number of benzene rings is 3. The fourth-order valence-corrected chi connectivity index (χ4v) is 4.81. The molecule has 0 saturated carbocycles. The van der Waals surface area contributed by atoms with Crippen molar-refractivity contribution in [2.45, 2.75) is 37.1 Å². The highest BCUT2D eigenvalue weighted by atomic mass is 16.5. The van der Waals surface area contributed by atoms with Crippen molar-refractivity contribution in [3.63, 3.8) is 0 Å². The Bertz CT molecular complexity index is 925. The highest BCUT2D eigenvalue weighted by molar-refractivity contribution is 5.83. The van der Waals surface area contributed by atoms with Crippen LogP contribution < -0.4 is 0 Å². The van der Waals surface area contributed by atoms with Gasteiger partial charge in [0.05, 0.1) is 18.8 Å². The molecule has 138 valence electrons. The van der Waals surface area contributed by atoms with Crippen LogP contribution in [0.4, 0.5) is 0 Å². The molecule has 2 aliphatic rings. The van der Waals surface area contributed by atoms with Crippen LogP contribution in [0.2, 0.25) is 0 Å². The summed E-state index contributed by atoms with van der Waals surface area (Å²) in [6, 6.07) is 25.9. The second-order valence-electron chi connectivity index (χ2n) is 8.00. The van der Waals surface area contributed by atoms with E-state index in [9.17, 15) is 5.11 Å². The van der Waals surface area contributed by atoms with E-state index in [-0.39, 0.29) is 12.1 Å². The van der Waals surface area contributed by atoms with Gasteiger partial charge in [0.2, 0.25) is 0 Å². The smallest absolute Gasteiger partial charge is 0.0928 e. The van der Waals surface area contributed by atoms with Crippen LogP contribution in [-0.4, -0.2) is 35.3 Å². The summed E-state index contributed by atoms with van der Waals surface area (Å²) in [6.45, 7) is 2.31. The third kappa shape index (κ3) is 3.16. The number of aliphatic hydroxyl groups is 1. The van der Waals surface area contributed by atoms with Gasteiger partial charge in [-0.3, -0.25) is 4.90 Å². The van der Waals surface area contributed by atoms with Gasteiger partial charge in [-0.2, -0.15) is 0 Å². The Balaban J connectivity index is 1.44. The van der Waals surface area contributed by atoms with Gasteiger partial charge < -0.3 is 9.84 Å². The molecule has 0 aromatic heterocycles. The van der Waals surface area contributed by atoms with E-state index in [1.54, 1.807) is 0 Å². The van der Waals surface area contributed by atoms with Crippen LogP contribution in [0.5, 0.6) is 0 Å². The molecular formula is C24H25NO2. The summed E-state index contributed by atoms with van der Waals surface area (Å²) in [5.41, 5.74) is 1.58. The van der Waals surface area contributed by atoms with E-state index in [1.165, 1.54) is 16.3 Å². The zero-order valence-corrected chi connectivity index (χ0v) is 15.4. The number of piperidine rings is 1. The third-order valence-corrected chi connectivity index (χ3v) is 6.20. The number of hydrogen-bond donors (Lipinski definition) is 1. The van der Waals surface area contributed by atoms with Gasteiger partial charge in [-0.1, -0.05) is 66.7 Å². The molecule has 2 fully saturated rings. The largest absolute Gasteiger partial charge is 0.385 e. The molecule has 2 unspecified atom stereocenters. The Morgan fingerprint density at radius 3 is 2.26 bits per heavy atom. The number of fused-ring (bicyclic) bond motifs is 3. The summed E-state index contributed by atoms with van der Waals surface area (Å²) < 4.78 is 5.85. The standard InChI is InChI=1S/C24H25NO2/c26-24(21-11-10-19-8-4-5-9-20(19)12-21)13-22-16-27-17-23(14-24)25(22)15-18-6-2-1-3-7-18/h1-12,22-23,26H,13-17H2. The monoisotopic (exact) mass is 359 g/mol. The number of rotatable bonds is 3. The van der Waals surface area contributed by atoms with Crippen molar-refractivity contribution >= 4 is 10.8 Å². The minimum Gasteiger partial charge on any atom is -0.385 e. The molecule has 0 spiro atoms. The molecule has 2 saturated heterocycles. The van der Waals surface area contributed by atoms with Gasteiger partial charge in [-0.05, 0) is 40.8 Å². The number of hydrogen-bond acceptors (Lipinski definition) is 3. The van der Waals surface area contributed by atoms with Crippen LogP contribution in [0.25, 0.3) is 10.8 Å². The highest BCUT2D eigenvalue weighted by Gasteiger charge is 2.46. The maximum Gasteiger partial charge on any atom is 0.0928 e. The normalized spacial score (nSPS) is 28.3. The lowest BCUT2D eigenvalue weighted by molar-refractivity contribution is -0.149. The maximum atomic E-state index is 11.6. The molecule has 3 aromatic rings. The molecular weight excluding hydrogens is 334 g/mol. The minimum absolute atomic E-state index is 0.245. The lowest BCUT2D eigenvalue weighted by Gasteiger charge is -2.52.